The van der Waals surface area contributed by atoms with E-state index in [2.05, 4.69) is 24.5 Å². The van der Waals surface area contributed by atoms with Gasteiger partial charge in [-0.05, 0) is 46.1 Å². The molecule has 0 fully saturated rings. The third kappa shape index (κ3) is 11.8. The van der Waals surface area contributed by atoms with Gasteiger partial charge in [0.1, 0.15) is 6.17 Å². The molecule has 2 N–H and O–H groups in total. The predicted octanol–water partition coefficient (Wildman–Crippen LogP) is 3.32. The molecule has 0 aliphatic carbocycles. The van der Waals surface area contributed by atoms with Crippen LogP contribution in [0.25, 0.3) is 0 Å². The number of carbonyl (C=O) groups is 1. The lowest BCUT2D eigenvalue weighted by molar-refractivity contribution is -0.120. The number of hydrogen-bond acceptors (Lipinski definition) is 4. The SMILES string of the molecule is CCC(CC)NCCCOCCCOC(C)(C)C(F)CNC(C)=O.[HH].[HH]. The number of amides is 1. The Labute approximate surface area is 150 Å². The van der Waals surface area contributed by atoms with Gasteiger partial charge in [-0.2, -0.15) is 0 Å². The molecule has 0 aromatic heterocycles. The van der Waals surface area contributed by atoms with Gasteiger partial charge < -0.3 is 20.1 Å². The van der Waals surface area contributed by atoms with Crippen LogP contribution in [0.15, 0.2) is 0 Å². The van der Waals surface area contributed by atoms with E-state index in [1.165, 1.54) is 6.92 Å². The highest BCUT2D eigenvalue weighted by Crippen LogP contribution is 2.18. The van der Waals surface area contributed by atoms with Crippen LogP contribution in [0, 0.1) is 0 Å². The van der Waals surface area contributed by atoms with Crippen LogP contribution in [-0.4, -0.2) is 56.6 Å². The average molecular weight is 353 g/mol. The van der Waals surface area contributed by atoms with Crippen LogP contribution in [0.1, 0.15) is 63.2 Å². The Morgan fingerprint density at radius 3 is 2.38 bits per heavy atom. The zero-order valence-corrected chi connectivity index (χ0v) is 16.1. The minimum atomic E-state index is -1.24. The summed E-state index contributed by atoms with van der Waals surface area (Å²) in [5, 5.41) is 5.97. The summed E-state index contributed by atoms with van der Waals surface area (Å²) in [6.07, 6.45) is 2.80. The van der Waals surface area contributed by atoms with Gasteiger partial charge in [0.15, 0.2) is 0 Å². The predicted molar refractivity (Wildman–Crippen MR) is 100 cm³/mol. The summed E-state index contributed by atoms with van der Waals surface area (Å²) in [4.78, 5) is 10.8. The molecule has 0 heterocycles. The summed E-state index contributed by atoms with van der Waals surface area (Å²) in [7, 11) is 0. The van der Waals surface area contributed by atoms with Crippen LogP contribution in [0.3, 0.4) is 0 Å². The second kappa shape index (κ2) is 13.6. The van der Waals surface area contributed by atoms with Crippen LogP contribution in [-0.2, 0) is 14.3 Å². The highest BCUT2D eigenvalue weighted by molar-refractivity contribution is 5.72. The molecule has 5 nitrogen and oxygen atoms in total. The van der Waals surface area contributed by atoms with Gasteiger partial charge in [0.05, 0.1) is 12.1 Å². The molecule has 1 unspecified atom stereocenters. The quantitative estimate of drug-likeness (QED) is 0.444. The van der Waals surface area contributed by atoms with Crippen LogP contribution in [0.2, 0.25) is 0 Å². The molecule has 148 valence electrons. The second-order valence-electron chi connectivity index (χ2n) is 6.64. The van der Waals surface area contributed by atoms with E-state index in [4.69, 9.17) is 9.47 Å². The molecule has 1 amide bonds. The molecule has 1 atom stereocenters. The van der Waals surface area contributed by atoms with Gasteiger partial charge >= 0.3 is 0 Å². The standard InChI is InChI=1S/C18H37FN2O3.2H2/c1-6-16(7-2)20-10-8-11-23-12-9-13-24-18(4,5)17(19)14-21-15(3)22;;/h16-17,20H,6-14H2,1-5H3,(H,21,22);2*1H. The van der Waals surface area contributed by atoms with Crippen molar-refractivity contribution in [1.29, 1.82) is 0 Å². The summed E-state index contributed by atoms with van der Waals surface area (Å²) in [5.74, 6) is -0.236. The Balaban J connectivity index is -0.00000264. The summed E-state index contributed by atoms with van der Waals surface area (Å²) >= 11 is 0. The molecule has 0 aromatic rings. The van der Waals surface area contributed by atoms with E-state index in [0.29, 0.717) is 19.3 Å². The zero-order chi connectivity index (χ0) is 18.4. The van der Waals surface area contributed by atoms with Crippen LogP contribution >= 0.6 is 0 Å². The third-order valence-corrected chi connectivity index (χ3v) is 4.08. The first-order valence-electron chi connectivity index (χ1n) is 9.17. The van der Waals surface area contributed by atoms with E-state index >= 15 is 0 Å². The van der Waals surface area contributed by atoms with Gasteiger partial charge in [-0.1, -0.05) is 13.8 Å². The van der Waals surface area contributed by atoms with Crippen molar-refractivity contribution >= 4 is 5.91 Å². The molecule has 24 heavy (non-hydrogen) atoms. The number of carbonyl (C=O) groups excluding carboxylic acids is 1. The number of nitrogens with one attached hydrogen (secondary N) is 2. The highest BCUT2D eigenvalue weighted by atomic mass is 19.1. The molecule has 0 saturated heterocycles. The fraction of sp³-hybridized carbons (Fsp3) is 0.944. The van der Waals surface area contributed by atoms with Gasteiger partial charge in [-0.3, -0.25) is 4.79 Å². The fourth-order valence-corrected chi connectivity index (χ4v) is 2.23. The monoisotopic (exact) mass is 352 g/mol. The Morgan fingerprint density at radius 1 is 1.17 bits per heavy atom. The van der Waals surface area contributed by atoms with E-state index in [0.717, 1.165) is 38.8 Å². The van der Waals surface area contributed by atoms with Crippen molar-refractivity contribution in [2.75, 3.05) is 32.9 Å². The van der Waals surface area contributed by atoms with Gasteiger partial charge in [-0.15, -0.1) is 0 Å². The third-order valence-electron chi connectivity index (χ3n) is 4.08. The molecular weight excluding hydrogens is 311 g/mol. The molecule has 0 aliphatic rings. The largest absolute Gasteiger partial charge is 0.381 e. The maximum atomic E-state index is 14.0. The molecule has 0 aromatic carbocycles. The van der Waals surface area contributed by atoms with Gasteiger partial charge in [0.25, 0.3) is 0 Å². The minimum Gasteiger partial charge on any atom is -0.381 e. The van der Waals surface area contributed by atoms with Crippen molar-refractivity contribution in [3.63, 3.8) is 0 Å². The lowest BCUT2D eigenvalue weighted by Crippen LogP contribution is -2.43. The summed E-state index contributed by atoms with van der Waals surface area (Å²) in [6, 6.07) is 0.603. The lowest BCUT2D eigenvalue weighted by Gasteiger charge is -2.29. The van der Waals surface area contributed by atoms with E-state index in [1.807, 2.05) is 0 Å². The lowest BCUT2D eigenvalue weighted by atomic mass is 10.0. The molecule has 0 rings (SSSR count). The van der Waals surface area contributed by atoms with Crippen molar-refractivity contribution in [2.45, 2.75) is 78.1 Å². The first kappa shape index (κ1) is 23.3. The van der Waals surface area contributed by atoms with Crippen LogP contribution in [0.5, 0.6) is 0 Å². The molecule has 0 saturated carbocycles. The summed E-state index contributed by atoms with van der Waals surface area (Å²) < 4.78 is 25.2. The molecule has 0 radical (unpaired) electrons. The van der Waals surface area contributed by atoms with E-state index in [1.54, 1.807) is 13.8 Å². The number of rotatable bonds is 15. The summed E-state index contributed by atoms with van der Waals surface area (Å²) in [6.45, 7) is 11.9. The Hall–Kier alpha value is -0.720. The van der Waals surface area contributed by atoms with Crippen LogP contribution < -0.4 is 10.6 Å². The second-order valence-corrected chi connectivity index (χ2v) is 6.64. The Bertz CT molecular complexity index is 334. The van der Waals surface area contributed by atoms with Crippen molar-refractivity contribution in [3.05, 3.63) is 0 Å². The van der Waals surface area contributed by atoms with Crippen molar-refractivity contribution in [2.24, 2.45) is 0 Å². The Morgan fingerprint density at radius 2 is 1.79 bits per heavy atom. The minimum absolute atomic E-state index is 0. The van der Waals surface area contributed by atoms with Crippen molar-refractivity contribution in [3.8, 4) is 0 Å². The first-order chi connectivity index (χ1) is 11.3. The van der Waals surface area contributed by atoms with Gasteiger partial charge in [-0.25, -0.2) is 4.39 Å². The topological polar surface area (TPSA) is 59.6 Å². The molecule has 0 bridgehead atoms. The van der Waals surface area contributed by atoms with Crippen LogP contribution in [0.4, 0.5) is 4.39 Å². The van der Waals surface area contributed by atoms with E-state index in [-0.39, 0.29) is 15.3 Å². The highest BCUT2D eigenvalue weighted by Gasteiger charge is 2.30. The fourth-order valence-electron chi connectivity index (χ4n) is 2.23. The molecule has 6 heteroatoms. The summed E-state index contributed by atoms with van der Waals surface area (Å²) in [5.41, 5.74) is -0.915. The van der Waals surface area contributed by atoms with Crippen molar-refractivity contribution < 1.29 is 21.5 Å². The maximum Gasteiger partial charge on any atom is 0.216 e. The smallest absolute Gasteiger partial charge is 0.216 e. The average Bonchev–Trinajstić information content (AvgIpc) is 2.54. The maximum absolute atomic E-state index is 14.0. The molecule has 0 aliphatic heterocycles. The van der Waals surface area contributed by atoms with Gasteiger partial charge in [0.2, 0.25) is 5.91 Å². The molecular formula is C18H41FN2O3. The van der Waals surface area contributed by atoms with E-state index in [9.17, 15) is 9.18 Å². The van der Waals surface area contributed by atoms with E-state index < -0.39 is 11.8 Å². The Kier molecular flexibility index (Phi) is 13.2. The number of hydrogen-bond donors (Lipinski definition) is 2. The first-order valence-corrected chi connectivity index (χ1v) is 9.17. The van der Waals surface area contributed by atoms with Crippen molar-refractivity contribution in [1.82, 2.24) is 10.6 Å². The number of halogens is 1. The van der Waals surface area contributed by atoms with Gasteiger partial charge in [0, 0.05) is 35.6 Å². The number of ether oxygens (including phenoxy) is 2. The molecule has 0 spiro atoms. The zero-order valence-electron chi connectivity index (χ0n) is 16.1. The normalized spacial score (nSPS) is 13.3. The number of alkyl halides is 1.